The minimum absolute atomic E-state index is 0.0898. The first-order valence-corrected chi connectivity index (χ1v) is 6.24. The molecule has 85 valence electrons. The number of benzene rings is 1. The van der Waals surface area contributed by atoms with E-state index in [-0.39, 0.29) is 10.3 Å². The summed E-state index contributed by atoms with van der Waals surface area (Å²) in [7, 11) is -3.62. The molecule has 0 saturated carbocycles. The largest absolute Gasteiger partial charge is 0.238 e. The van der Waals surface area contributed by atoms with Gasteiger partial charge in [-0.2, -0.15) is 0 Å². The Bertz CT molecular complexity index is 525. The van der Waals surface area contributed by atoms with E-state index < -0.39 is 10.0 Å². The summed E-state index contributed by atoms with van der Waals surface area (Å²) >= 11 is 0. The van der Waals surface area contributed by atoms with Crippen molar-refractivity contribution >= 4 is 10.0 Å². The van der Waals surface area contributed by atoms with Crippen LogP contribution in [0.1, 0.15) is 19.4 Å². The average molecular weight is 236 g/mol. The summed E-state index contributed by atoms with van der Waals surface area (Å²) in [5.41, 5.74) is 0.419. The Morgan fingerprint density at radius 3 is 2.12 bits per heavy atom. The topological polar surface area (TPSA) is 60.2 Å². The van der Waals surface area contributed by atoms with Crippen LogP contribution in [0.2, 0.25) is 0 Å². The third kappa shape index (κ3) is 4.05. The van der Waals surface area contributed by atoms with Gasteiger partial charge < -0.3 is 0 Å². The van der Waals surface area contributed by atoms with Gasteiger partial charge in [-0.05, 0) is 45.0 Å². The van der Waals surface area contributed by atoms with E-state index in [0.717, 1.165) is 5.56 Å². The van der Waals surface area contributed by atoms with Crippen LogP contribution in [-0.4, -0.2) is 8.42 Å². The fourth-order valence-corrected chi connectivity index (χ4v) is 1.48. The minimum Gasteiger partial charge on any atom is -0.225 e. The molecule has 3 nitrogen and oxygen atoms in total. The van der Waals surface area contributed by atoms with E-state index >= 15 is 0 Å². The molecule has 4 heteroatoms. The second-order valence-electron chi connectivity index (χ2n) is 4.20. The first-order chi connectivity index (χ1) is 7.18. The Morgan fingerprint density at radius 1 is 1.25 bits per heavy atom. The van der Waals surface area contributed by atoms with E-state index in [4.69, 9.17) is 5.14 Å². The first kappa shape index (κ1) is 12.8. The monoisotopic (exact) mass is 236 g/mol. The summed E-state index contributed by atoms with van der Waals surface area (Å²) in [6, 6.07) is 6.13. The predicted octanol–water partition coefficient (Wildman–Crippen LogP) is 1.55. The van der Waals surface area contributed by atoms with Gasteiger partial charge in [-0.3, -0.25) is 0 Å². The molecule has 0 fully saturated rings. The molecular weight excluding hydrogens is 222 g/mol. The molecule has 0 atom stereocenters. The second kappa shape index (κ2) is 4.28. The lowest BCUT2D eigenvalue weighted by atomic mass is 9.97. The highest BCUT2D eigenvalue weighted by Gasteiger charge is 2.06. The van der Waals surface area contributed by atoms with Crippen molar-refractivity contribution in [3.8, 4) is 11.8 Å². The summed E-state index contributed by atoms with van der Waals surface area (Å²) in [6.07, 6.45) is 0. The second-order valence-corrected chi connectivity index (χ2v) is 5.76. The van der Waals surface area contributed by atoms with Crippen molar-refractivity contribution in [2.24, 2.45) is 10.6 Å². The lowest BCUT2D eigenvalue weighted by Gasteiger charge is -2.06. The minimum atomic E-state index is -3.62. The first-order valence-electron chi connectivity index (χ1n) is 4.70. The maximum Gasteiger partial charge on any atom is 0.238 e. The highest BCUT2D eigenvalue weighted by molar-refractivity contribution is 7.89. The molecule has 1 aromatic carbocycles. The van der Waals surface area contributed by atoms with Crippen LogP contribution in [-0.2, 0) is 10.0 Å². The molecule has 1 rings (SSSR count). The summed E-state index contributed by atoms with van der Waals surface area (Å²) < 4.78 is 22.0. The molecule has 0 aliphatic rings. The van der Waals surface area contributed by atoms with E-state index in [9.17, 15) is 8.42 Å². The van der Waals surface area contributed by atoms with Crippen LogP contribution in [0.25, 0.3) is 0 Å². The van der Waals surface area contributed by atoms with Crippen LogP contribution in [0.3, 0.4) is 0 Å². The van der Waals surface area contributed by atoms with Gasteiger partial charge in [0.1, 0.15) is 0 Å². The molecule has 1 radical (unpaired) electrons. The van der Waals surface area contributed by atoms with Gasteiger partial charge in [-0.25, -0.2) is 13.6 Å². The van der Waals surface area contributed by atoms with Crippen molar-refractivity contribution in [3.63, 3.8) is 0 Å². The van der Waals surface area contributed by atoms with E-state index in [1.165, 1.54) is 12.1 Å². The van der Waals surface area contributed by atoms with Crippen LogP contribution in [0.5, 0.6) is 0 Å². The van der Waals surface area contributed by atoms with Gasteiger partial charge in [0.15, 0.2) is 0 Å². The Kier molecular flexibility index (Phi) is 3.41. The Morgan fingerprint density at radius 2 is 1.75 bits per heavy atom. The lowest BCUT2D eigenvalue weighted by Crippen LogP contribution is -2.11. The van der Waals surface area contributed by atoms with Crippen LogP contribution in [0.4, 0.5) is 0 Å². The Balaban J connectivity index is 3.00. The third-order valence-corrected chi connectivity index (χ3v) is 2.66. The highest BCUT2D eigenvalue weighted by atomic mass is 32.2. The zero-order chi connectivity index (χ0) is 12.4. The SMILES string of the molecule is [CH2]C(C)(C)C#Cc1ccc(S(N)(=O)=O)cc1. The zero-order valence-electron chi connectivity index (χ0n) is 9.32. The molecule has 0 bridgehead atoms. The fourth-order valence-electron chi connectivity index (χ4n) is 0.969. The number of nitrogens with two attached hydrogens (primary N) is 1. The van der Waals surface area contributed by atoms with Crippen LogP contribution in [0, 0.1) is 24.2 Å². The molecule has 1 aromatic rings. The van der Waals surface area contributed by atoms with Gasteiger partial charge >= 0.3 is 0 Å². The van der Waals surface area contributed by atoms with E-state index in [0.29, 0.717) is 0 Å². The Hall–Kier alpha value is -1.31. The molecule has 0 saturated heterocycles. The molecule has 0 amide bonds. The van der Waals surface area contributed by atoms with E-state index in [2.05, 4.69) is 18.8 Å². The summed E-state index contributed by atoms with van der Waals surface area (Å²) in [5.74, 6) is 5.87. The molecule has 0 spiro atoms. The van der Waals surface area contributed by atoms with Crippen LogP contribution >= 0.6 is 0 Å². The fraction of sp³-hybridized carbons (Fsp3) is 0.250. The van der Waals surface area contributed by atoms with Crippen molar-refractivity contribution in [2.45, 2.75) is 18.7 Å². The molecule has 16 heavy (non-hydrogen) atoms. The van der Waals surface area contributed by atoms with Crippen LogP contribution in [0.15, 0.2) is 29.2 Å². The normalized spacial score (nSPS) is 11.8. The number of primary sulfonamides is 1. The van der Waals surface area contributed by atoms with Gasteiger partial charge in [-0.15, -0.1) is 0 Å². The quantitative estimate of drug-likeness (QED) is 0.752. The van der Waals surface area contributed by atoms with Crippen LogP contribution < -0.4 is 5.14 Å². The summed E-state index contributed by atoms with van der Waals surface area (Å²) in [5, 5.41) is 4.98. The standard InChI is InChI=1S/C12H14NO2S/c1-12(2,3)9-8-10-4-6-11(7-5-10)16(13,14)15/h4-7H,1H2,2-3H3,(H2,13,14,15). The lowest BCUT2D eigenvalue weighted by molar-refractivity contribution is 0.598. The maximum atomic E-state index is 11.0. The molecular formula is C12H14NO2S. The maximum absolute atomic E-state index is 11.0. The smallest absolute Gasteiger partial charge is 0.225 e. The van der Waals surface area contributed by atoms with Gasteiger partial charge in [0.25, 0.3) is 0 Å². The predicted molar refractivity (Wildman–Crippen MR) is 63.8 cm³/mol. The molecule has 0 heterocycles. The molecule has 0 aromatic heterocycles. The number of hydrogen-bond acceptors (Lipinski definition) is 2. The molecule has 2 N–H and O–H groups in total. The number of sulfonamides is 1. The van der Waals surface area contributed by atoms with Crippen molar-refractivity contribution in [2.75, 3.05) is 0 Å². The van der Waals surface area contributed by atoms with E-state index in [1.54, 1.807) is 12.1 Å². The zero-order valence-corrected chi connectivity index (χ0v) is 10.1. The van der Waals surface area contributed by atoms with Gasteiger partial charge in [-0.1, -0.05) is 11.8 Å². The summed E-state index contributed by atoms with van der Waals surface area (Å²) in [6.45, 7) is 7.66. The van der Waals surface area contributed by atoms with E-state index in [1.807, 2.05) is 13.8 Å². The van der Waals surface area contributed by atoms with Gasteiger partial charge in [0.2, 0.25) is 10.0 Å². The summed E-state index contributed by atoms with van der Waals surface area (Å²) in [4.78, 5) is 0.0898. The van der Waals surface area contributed by atoms with Crippen molar-refractivity contribution < 1.29 is 8.42 Å². The number of rotatable bonds is 1. The van der Waals surface area contributed by atoms with Crippen molar-refractivity contribution in [3.05, 3.63) is 36.8 Å². The third-order valence-electron chi connectivity index (χ3n) is 1.73. The molecule has 0 aliphatic carbocycles. The molecule has 0 unspecified atom stereocenters. The highest BCUT2D eigenvalue weighted by Crippen LogP contribution is 2.11. The van der Waals surface area contributed by atoms with Gasteiger partial charge in [0.05, 0.1) is 4.90 Å². The average Bonchev–Trinajstić information content (AvgIpc) is 2.13. The Labute approximate surface area is 96.7 Å². The van der Waals surface area contributed by atoms with Gasteiger partial charge in [0, 0.05) is 11.0 Å². The van der Waals surface area contributed by atoms with Crippen molar-refractivity contribution in [1.82, 2.24) is 0 Å². The number of hydrogen-bond donors (Lipinski definition) is 1. The molecule has 0 aliphatic heterocycles. The van der Waals surface area contributed by atoms with Crippen molar-refractivity contribution in [1.29, 1.82) is 0 Å².